The van der Waals surface area contributed by atoms with E-state index in [1.165, 1.54) is 11.1 Å². The average molecular weight is 231 g/mol. The lowest BCUT2D eigenvalue weighted by Gasteiger charge is -2.32. The molecule has 1 aliphatic heterocycles. The van der Waals surface area contributed by atoms with Crippen LogP contribution in [0.4, 0.5) is 0 Å². The van der Waals surface area contributed by atoms with Gasteiger partial charge in [0.25, 0.3) is 0 Å². The van der Waals surface area contributed by atoms with Gasteiger partial charge in [0, 0.05) is 11.5 Å². The highest BCUT2D eigenvalue weighted by molar-refractivity contribution is 5.99. The maximum Gasteiger partial charge on any atom is 0.166 e. The molecule has 1 aliphatic rings. The molecular weight excluding hydrogens is 210 g/mol. The topological polar surface area (TPSA) is 29.1 Å². The van der Waals surface area contributed by atoms with Gasteiger partial charge in [0.05, 0.1) is 0 Å². The van der Waals surface area contributed by atoms with E-state index in [9.17, 15) is 4.79 Å². The Kier molecular flexibility index (Phi) is 3.34. The van der Waals surface area contributed by atoms with E-state index in [0.717, 1.165) is 24.2 Å². The Labute approximate surface area is 103 Å². The molecule has 1 aromatic rings. The van der Waals surface area contributed by atoms with Crippen molar-refractivity contribution in [2.75, 3.05) is 13.1 Å². The SMILES string of the molecule is Cc1cc(C)c(C(=O)C(C)C2CNC2)cc1C. The summed E-state index contributed by atoms with van der Waals surface area (Å²) in [7, 11) is 0. The minimum absolute atomic E-state index is 0.136. The largest absolute Gasteiger partial charge is 0.316 e. The molecule has 17 heavy (non-hydrogen) atoms. The van der Waals surface area contributed by atoms with Gasteiger partial charge in [0.1, 0.15) is 0 Å². The molecule has 0 radical (unpaired) electrons. The molecule has 0 aromatic heterocycles. The van der Waals surface area contributed by atoms with Crippen molar-refractivity contribution >= 4 is 5.78 Å². The van der Waals surface area contributed by atoms with Crippen molar-refractivity contribution in [1.82, 2.24) is 5.32 Å². The first kappa shape index (κ1) is 12.3. The standard InChI is InChI=1S/C15H21NO/c1-9-5-11(3)14(6-10(9)2)15(17)12(4)13-7-16-8-13/h5-6,12-13,16H,7-8H2,1-4H3. The molecule has 1 N–H and O–H groups in total. The summed E-state index contributed by atoms with van der Waals surface area (Å²) in [5, 5.41) is 3.23. The molecule has 0 aliphatic carbocycles. The Bertz CT molecular complexity index is 446. The fourth-order valence-electron chi connectivity index (χ4n) is 2.35. The predicted molar refractivity (Wildman–Crippen MR) is 70.5 cm³/mol. The summed E-state index contributed by atoms with van der Waals surface area (Å²) in [6.07, 6.45) is 0. The molecule has 1 aromatic carbocycles. The summed E-state index contributed by atoms with van der Waals surface area (Å²) in [4.78, 5) is 12.4. The van der Waals surface area contributed by atoms with Gasteiger partial charge in [0.2, 0.25) is 0 Å². The Hall–Kier alpha value is -1.15. The van der Waals surface area contributed by atoms with Gasteiger partial charge in [-0.1, -0.05) is 13.0 Å². The lowest BCUT2D eigenvalue weighted by atomic mass is 9.82. The van der Waals surface area contributed by atoms with Gasteiger partial charge in [-0.25, -0.2) is 0 Å². The molecule has 1 saturated heterocycles. The molecule has 2 heteroatoms. The number of rotatable bonds is 3. The van der Waals surface area contributed by atoms with Crippen molar-refractivity contribution in [3.63, 3.8) is 0 Å². The molecule has 2 rings (SSSR count). The van der Waals surface area contributed by atoms with Crippen LogP contribution in [0.3, 0.4) is 0 Å². The lowest BCUT2D eigenvalue weighted by Crippen LogP contribution is -2.47. The molecule has 0 spiro atoms. The van der Waals surface area contributed by atoms with E-state index in [1.54, 1.807) is 0 Å². The molecular formula is C15H21NO. The van der Waals surface area contributed by atoms with Crippen LogP contribution in [0, 0.1) is 32.6 Å². The maximum atomic E-state index is 12.4. The van der Waals surface area contributed by atoms with Crippen molar-refractivity contribution in [2.24, 2.45) is 11.8 Å². The number of hydrogen-bond acceptors (Lipinski definition) is 2. The minimum atomic E-state index is 0.136. The van der Waals surface area contributed by atoms with E-state index < -0.39 is 0 Å². The van der Waals surface area contributed by atoms with Gasteiger partial charge in [-0.05, 0) is 62.5 Å². The molecule has 1 heterocycles. The number of carbonyl (C=O) groups excluding carboxylic acids is 1. The highest BCUT2D eigenvalue weighted by atomic mass is 16.1. The van der Waals surface area contributed by atoms with Gasteiger partial charge in [-0.3, -0.25) is 4.79 Å². The Morgan fingerprint density at radius 1 is 1.18 bits per heavy atom. The van der Waals surface area contributed by atoms with E-state index in [-0.39, 0.29) is 5.92 Å². The van der Waals surface area contributed by atoms with Gasteiger partial charge in [-0.15, -0.1) is 0 Å². The maximum absolute atomic E-state index is 12.4. The number of nitrogens with one attached hydrogen (secondary N) is 1. The summed E-state index contributed by atoms with van der Waals surface area (Å²) < 4.78 is 0. The molecule has 92 valence electrons. The average Bonchev–Trinajstić information content (AvgIpc) is 2.20. The van der Waals surface area contributed by atoms with Crippen molar-refractivity contribution in [1.29, 1.82) is 0 Å². The Balaban J connectivity index is 2.26. The summed E-state index contributed by atoms with van der Waals surface area (Å²) in [6.45, 7) is 10.2. The van der Waals surface area contributed by atoms with Crippen LogP contribution in [0.25, 0.3) is 0 Å². The van der Waals surface area contributed by atoms with Crippen LogP contribution >= 0.6 is 0 Å². The van der Waals surface area contributed by atoms with Crippen LogP contribution in [-0.2, 0) is 0 Å². The monoisotopic (exact) mass is 231 g/mol. The second-order valence-electron chi connectivity index (χ2n) is 5.32. The predicted octanol–water partition coefficient (Wildman–Crippen LogP) is 2.65. The zero-order valence-electron chi connectivity index (χ0n) is 11.1. The van der Waals surface area contributed by atoms with Crippen molar-refractivity contribution < 1.29 is 4.79 Å². The zero-order valence-corrected chi connectivity index (χ0v) is 11.1. The van der Waals surface area contributed by atoms with Gasteiger partial charge in [0.15, 0.2) is 5.78 Å². The summed E-state index contributed by atoms with van der Waals surface area (Å²) in [6, 6.07) is 4.17. The van der Waals surface area contributed by atoms with E-state index >= 15 is 0 Å². The smallest absolute Gasteiger partial charge is 0.166 e. The number of carbonyl (C=O) groups is 1. The Morgan fingerprint density at radius 3 is 2.29 bits per heavy atom. The first-order chi connectivity index (χ1) is 8.00. The van der Waals surface area contributed by atoms with Crippen LogP contribution in [0.2, 0.25) is 0 Å². The van der Waals surface area contributed by atoms with Crippen LogP contribution in [0.5, 0.6) is 0 Å². The van der Waals surface area contributed by atoms with E-state index in [4.69, 9.17) is 0 Å². The molecule has 0 saturated carbocycles. The molecule has 1 fully saturated rings. The highest BCUT2D eigenvalue weighted by Gasteiger charge is 2.29. The van der Waals surface area contributed by atoms with Crippen molar-refractivity contribution in [3.8, 4) is 0 Å². The number of hydrogen-bond donors (Lipinski definition) is 1. The highest BCUT2D eigenvalue weighted by Crippen LogP contribution is 2.24. The fourth-order valence-corrected chi connectivity index (χ4v) is 2.35. The summed E-state index contributed by atoms with van der Waals surface area (Å²) in [5.74, 6) is 0.956. The zero-order chi connectivity index (χ0) is 12.6. The third-order valence-electron chi connectivity index (χ3n) is 4.04. The molecule has 1 unspecified atom stereocenters. The molecule has 0 amide bonds. The lowest BCUT2D eigenvalue weighted by molar-refractivity contribution is 0.0853. The molecule has 0 bridgehead atoms. The molecule has 2 nitrogen and oxygen atoms in total. The quantitative estimate of drug-likeness (QED) is 0.810. The van der Waals surface area contributed by atoms with Gasteiger partial charge in [-0.2, -0.15) is 0 Å². The minimum Gasteiger partial charge on any atom is -0.316 e. The van der Waals surface area contributed by atoms with Crippen molar-refractivity contribution in [3.05, 3.63) is 34.4 Å². The van der Waals surface area contributed by atoms with E-state index in [0.29, 0.717) is 11.7 Å². The molecule has 1 atom stereocenters. The normalized spacial score (nSPS) is 17.6. The number of Topliss-reactive ketones (excluding diaryl/α,β-unsaturated/α-hetero) is 1. The third-order valence-corrected chi connectivity index (χ3v) is 4.04. The van der Waals surface area contributed by atoms with Crippen LogP contribution in [0.1, 0.15) is 34.0 Å². The second kappa shape index (κ2) is 4.61. The van der Waals surface area contributed by atoms with Crippen molar-refractivity contribution in [2.45, 2.75) is 27.7 Å². The second-order valence-corrected chi connectivity index (χ2v) is 5.32. The summed E-state index contributed by atoms with van der Waals surface area (Å²) >= 11 is 0. The van der Waals surface area contributed by atoms with Crippen LogP contribution in [0.15, 0.2) is 12.1 Å². The van der Waals surface area contributed by atoms with Crippen LogP contribution < -0.4 is 5.32 Å². The van der Waals surface area contributed by atoms with E-state index in [1.807, 2.05) is 6.92 Å². The number of ketones is 1. The first-order valence-corrected chi connectivity index (χ1v) is 6.33. The number of benzene rings is 1. The number of aryl methyl sites for hydroxylation is 3. The summed E-state index contributed by atoms with van der Waals surface area (Å²) in [5.41, 5.74) is 4.49. The van der Waals surface area contributed by atoms with E-state index in [2.05, 4.69) is 38.2 Å². The van der Waals surface area contributed by atoms with Crippen LogP contribution in [-0.4, -0.2) is 18.9 Å². The Morgan fingerprint density at radius 2 is 1.76 bits per heavy atom. The van der Waals surface area contributed by atoms with Gasteiger partial charge < -0.3 is 5.32 Å². The third kappa shape index (κ3) is 2.27. The fraction of sp³-hybridized carbons (Fsp3) is 0.533. The first-order valence-electron chi connectivity index (χ1n) is 6.33. The van der Waals surface area contributed by atoms with Gasteiger partial charge >= 0.3 is 0 Å².